The van der Waals surface area contributed by atoms with E-state index in [1.807, 2.05) is 25.5 Å². The number of aliphatic carboxylic acids is 1. The monoisotopic (exact) mass is 897 g/mol. The molecule has 0 aromatic heterocycles. The number of nitrogens with zero attached hydrogens (tertiary/aromatic N) is 2. The lowest BCUT2D eigenvalue weighted by atomic mass is 9.88. The molecule has 0 saturated carbocycles. The molecule has 13 N–H and O–H groups in total. The van der Waals surface area contributed by atoms with Crippen molar-refractivity contribution in [2.45, 2.75) is 101 Å². The van der Waals surface area contributed by atoms with Crippen molar-refractivity contribution in [3.8, 4) is 17.2 Å². The SMILES string of the molecule is Cc1c(C)c(S(=O)(=O)NC(N)=NCCC[C@@H](N)C(=O)O)c(C)c2c1OC(C)(C)CC2.NC(N)=NCCC[C@@H](NS(=O)(=O)c1cc(F)c(Oc2ccccc2)c(F)c1)C(=O)NO. The third-order valence-corrected chi connectivity index (χ3v) is 12.4. The van der Waals surface area contributed by atoms with E-state index in [2.05, 4.69) is 14.7 Å². The third kappa shape index (κ3) is 14.0. The van der Waals surface area contributed by atoms with E-state index in [9.17, 15) is 35.2 Å². The lowest BCUT2D eigenvalue weighted by Gasteiger charge is -2.35. The predicted octanol–water partition coefficient (Wildman–Crippen LogP) is 2.46. The van der Waals surface area contributed by atoms with Gasteiger partial charge < -0.3 is 37.5 Å². The normalized spacial score (nSPS) is 14.5. The summed E-state index contributed by atoms with van der Waals surface area (Å²) in [6.07, 6.45) is 2.17. The summed E-state index contributed by atoms with van der Waals surface area (Å²) in [6.45, 7) is 9.69. The molecular formula is C38H53F2N9O10S2. The minimum atomic E-state index is -4.55. The van der Waals surface area contributed by atoms with Crippen LogP contribution in [0.2, 0.25) is 0 Å². The number of halogens is 2. The van der Waals surface area contributed by atoms with Crippen LogP contribution in [0.25, 0.3) is 0 Å². The highest BCUT2D eigenvalue weighted by atomic mass is 32.2. The molecule has 0 bridgehead atoms. The first-order valence-electron chi connectivity index (χ1n) is 18.8. The van der Waals surface area contributed by atoms with Crippen LogP contribution in [0.15, 0.2) is 62.2 Å². The second-order valence-electron chi connectivity index (χ2n) is 14.6. The van der Waals surface area contributed by atoms with Crippen LogP contribution in [-0.4, -0.2) is 81.7 Å². The number of sulfonamides is 2. The molecule has 0 saturated heterocycles. The highest BCUT2D eigenvalue weighted by Gasteiger charge is 2.34. The first kappa shape index (κ1) is 49.7. The summed E-state index contributed by atoms with van der Waals surface area (Å²) in [5.41, 5.74) is 25.5. The van der Waals surface area contributed by atoms with Gasteiger partial charge in [-0.25, -0.2) is 35.8 Å². The Morgan fingerprint density at radius 1 is 0.918 bits per heavy atom. The molecule has 0 unspecified atom stereocenters. The smallest absolute Gasteiger partial charge is 0.320 e. The van der Waals surface area contributed by atoms with Gasteiger partial charge in [-0.1, -0.05) is 18.2 Å². The van der Waals surface area contributed by atoms with Gasteiger partial charge in [0.25, 0.3) is 15.9 Å². The highest BCUT2D eigenvalue weighted by Crippen LogP contribution is 2.42. The maximum Gasteiger partial charge on any atom is 0.320 e. The van der Waals surface area contributed by atoms with Gasteiger partial charge in [0.2, 0.25) is 16.0 Å². The number of hydrogen-bond donors (Lipinski definition) is 9. The first-order chi connectivity index (χ1) is 28.4. The van der Waals surface area contributed by atoms with Gasteiger partial charge in [-0.2, -0.15) is 4.72 Å². The Bertz CT molecular complexity index is 2320. The number of benzene rings is 3. The number of guanidine groups is 2. The van der Waals surface area contributed by atoms with Crippen molar-refractivity contribution in [2.75, 3.05) is 13.1 Å². The predicted molar refractivity (Wildman–Crippen MR) is 222 cm³/mol. The zero-order valence-electron chi connectivity index (χ0n) is 34.3. The van der Waals surface area contributed by atoms with E-state index < -0.39 is 66.3 Å². The van der Waals surface area contributed by atoms with Crippen LogP contribution in [0.3, 0.4) is 0 Å². The molecule has 0 fully saturated rings. The molecule has 1 heterocycles. The van der Waals surface area contributed by atoms with E-state index in [0.29, 0.717) is 29.7 Å². The van der Waals surface area contributed by atoms with Crippen molar-refractivity contribution >= 4 is 43.8 Å². The fourth-order valence-electron chi connectivity index (χ4n) is 6.08. The summed E-state index contributed by atoms with van der Waals surface area (Å²) >= 11 is 0. The van der Waals surface area contributed by atoms with Crippen LogP contribution in [0.5, 0.6) is 17.2 Å². The Balaban J connectivity index is 0.000000325. The second-order valence-corrected chi connectivity index (χ2v) is 17.9. The number of hydrogen-bond acceptors (Lipinski definition) is 12. The molecule has 4 rings (SSSR count). The number of carbonyl (C=O) groups excluding carboxylic acids is 1. The minimum Gasteiger partial charge on any atom is -0.487 e. The second kappa shape index (κ2) is 21.3. The van der Waals surface area contributed by atoms with E-state index in [1.165, 1.54) is 17.6 Å². The molecule has 23 heteroatoms. The number of hydroxylamine groups is 1. The van der Waals surface area contributed by atoms with Crippen molar-refractivity contribution in [1.82, 2.24) is 14.9 Å². The summed E-state index contributed by atoms with van der Waals surface area (Å²) in [5, 5.41) is 17.6. The van der Waals surface area contributed by atoms with Crippen molar-refractivity contribution in [2.24, 2.45) is 32.9 Å². The average molecular weight is 898 g/mol. The molecule has 2 atom stereocenters. The Hall–Kier alpha value is -5.62. The number of carbonyl (C=O) groups is 2. The summed E-state index contributed by atoms with van der Waals surface area (Å²) in [6, 6.07) is 6.47. The van der Waals surface area contributed by atoms with Gasteiger partial charge in [-0.15, -0.1) is 0 Å². The fourth-order valence-corrected chi connectivity index (χ4v) is 8.86. The number of nitrogens with one attached hydrogen (secondary N) is 3. The largest absolute Gasteiger partial charge is 0.487 e. The Morgan fingerprint density at radius 2 is 1.51 bits per heavy atom. The molecule has 19 nitrogen and oxygen atoms in total. The molecule has 3 aromatic rings. The molecule has 0 radical (unpaired) electrons. The molecule has 1 amide bonds. The van der Waals surface area contributed by atoms with E-state index in [0.717, 1.165) is 29.7 Å². The first-order valence-corrected chi connectivity index (χ1v) is 21.7. The van der Waals surface area contributed by atoms with Crippen LogP contribution in [0.4, 0.5) is 8.78 Å². The van der Waals surface area contributed by atoms with Crippen LogP contribution in [0, 0.1) is 32.4 Å². The van der Waals surface area contributed by atoms with Crippen LogP contribution < -0.4 is 47.3 Å². The van der Waals surface area contributed by atoms with E-state index in [-0.39, 0.29) is 60.5 Å². The quantitative estimate of drug-likeness (QED) is 0.0309. The van der Waals surface area contributed by atoms with Crippen LogP contribution in [-0.2, 0) is 36.1 Å². The molecule has 1 aliphatic rings. The molecule has 0 aliphatic carbocycles. The number of fused-ring (bicyclic) bond motifs is 1. The molecule has 1 aliphatic heterocycles. The van der Waals surface area contributed by atoms with Gasteiger partial charge in [-0.3, -0.25) is 24.8 Å². The number of nitrogens with two attached hydrogens (primary N) is 4. The van der Waals surface area contributed by atoms with Gasteiger partial charge in [0.15, 0.2) is 23.3 Å². The Kier molecular flexibility index (Phi) is 17.3. The van der Waals surface area contributed by atoms with Gasteiger partial charge in [0.05, 0.1) is 9.79 Å². The maximum atomic E-state index is 14.4. The van der Waals surface area contributed by atoms with Crippen LogP contribution >= 0.6 is 0 Å². The molecule has 3 aromatic carbocycles. The molecular weight excluding hydrogens is 845 g/mol. The maximum absolute atomic E-state index is 14.4. The van der Waals surface area contributed by atoms with Crippen molar-refractivity contribution in [3.05, 3.63) is 76.4 Å². The van der Waals surface area contributed by atoms with Crippen LogP contribution in [0.1, 0.15) is 68.2 Å². The van der Waals surface area contributed by atoms with E-state index >= 15 is 0 Å². The number of carboxylic acids is 1. The zero-order chi connectivity index (χ0) is 45.9. The van der Waals surface area contributed by atoms with Crippen molar-refractivity contribution < 1.29 is 55.0 Å². The van der Waals surface area contributed by atoms with E-state index in [4.69, 9.17) is 42.7 Å². The summed E-state index contributed by atoms with van der Waals surface area (Å²) in [5.74, 6) is -5.00. The number of para-hydroxylation sites is 1. The Labute approximate surface area is 353 Å². The third-order valence-electron chi connectivity index (χ3n) is 9.36. The topological polar surface area (TPSA) is 326 Å². The van der Waals surface area contributed by atoms with E-state index in [1.54, 1.807) is 32.0 Å². The lowest BCUT2D eigenvalue weighted by molar-refractivity contribution is -0.138. The van der Waals surface area contributed by atoms with Crippen molar-refractivity contribution in [3.63, 3.8) is 0 Å². The molecule has 336 valence electrons. The average Bonchev–Trinajstić information content (AvgIpc) is 3.17. The highest BCUT2D eigenvalue weighted by molar-refractivity contribution is 7.90. The number of carboxylic acid groups (broad SMARTS) is 1. The van der Waals surface area contributed by atoms with Gasteiger partial charge >= 0.3 is 5.97 Å². The number of amides is 1. The number of aliphatic imine (C=N–C) groups is 2. The summed E-state index contributed by atoms with van der Waals surface area (Å²) < 4.78 is 95.7. The number of ether oxygens (including phenoxy) is 2. The summed E-state index contributed by atoms with van der Waals surface area (Å²) in [4.78, 5) is 29.6. The van der Waals surface area contributed by atoms with Gasteiger partial charge in [-0.05, 0) is 120 Å². The number of rotatable bonds is 17. The lowest BCUT2D eigenvalue weighted by Crippen LogP contribution is -2.45. The summed E-state index contributed by atoms with van der Waals surface area (Å²) in [7, 11) is -8.50. The molecule has 61 heavy (non-hydrogen) atoms. The van der Waals surface area contributed by atoms with Crippen molar-refractivity contribution in [1.29, 1.82) is 0 Å². The Morgan fingerprint density at radius 3 is 2.08 bits per heavy atom. The standard InChI is InChI=1S/C20H32N4O5S.C18H21F2N5O5S/c1-11-12(2)17(13(3)14-8-9-20(4,5)29-16(11)14)30(27,28)24-19(22)23-10-6-7-15(21)18(25)26;19-13-9-12(10-14(20)16(13)30-11-5-2-1-3-6-11)31(28,29)25-15(17(26)24-27)7-4-8-23-18(21)22/h15H,6-10,21H2,1-5H3,(H,25,26)(H3,22,23,24);1-3,5-6,9-10,15,25,27H,4,7-8H2,(H,24,26)(H4,21,22,23)/t2*15-/m11/s1. The zero-order valence-corrected chi connectivity index (χ0v) is 35.9. The van der Waals surface area contributed by atoms with Gasteiger partial charge in [0.1, 0.15) is 29.2 Å². The molecule has 0 spiro atoms. The fraction of sp³-hybridized carbons (Fsp3) is 0.421. The van der Waals surface area contributed by atoms with Gasteiger partial charge in [0, 0.05) is 13.1 Å². The minimum absolute atomic E-state index is 0.0913.